The Morgan fingerprint density at radius 2 is 1.72 bits per heavy atom. The third-order valence-corrected chi connectivity index (χ3v) is 5.93. The molecule has 1 saturated carbocycles. The molecule has 1 heterocycles. The van der Waals surface area contributed by atoms with Crippen molar-refractivity contribution in [3.63, 3.8) is 0 Å². The van der Waals surface area contributed by atoms with E-state index in [1.165, 1.54) is 10.7 Å². The van der Waals surface area contributed by atoms with Crippen molar-refractivity contribution in [2.24, 2.45) is 11.8 Å². The highest BCUT2D eigenvalue weighted by molar-refractivity contribution is 7.89. The molecular formula is C12H21NO4S. The number of rotatable bonds is 5. The molecule has 0 aromatic heterocycles. The van der Waals surface area contributed by atoms with Gasteiger partial charge in [0.25, 0.3) is 0 Å². The van der Waals surface area contributed by atoms with E-state index in [1.54, 1.807) is 0 Å². The molecule has 1 N–H and O–H groups in total. The Kier molecular flexibility index (Phi) is 4.27. The van der Waals surface area contributed by atoms with Crippen molar-refractivity contribution >= 4 is 16.0 Å². The van der Waals surface area contributed by atoms with Crippen LogP contribution >= 0.6 is 0 Å². The molecule has 0 spiro atoms. The van der Waals surface area contributed by atoms with Crippen LogP contribution in [0, 0.1) is 11.8 Å². The van der Waals surface area contributed by atoms with Crippen LogP contribution in [-0.2, 0) is 14.8 Å². The van der Waals surface area contributed by atoms with Crippen molar-refractivity contribution in [1.82, 2.24) is 4.31 Å². The number of hydrogen-bond donors (Lipinski definition) is 1. The molecule has 1 aliphatic carbocycles. The van der Waals surface area contributed by atoms with Crippen molar-refractivity contribution in [3.8, 4) is 0 Å². The molecule has 2 aliphatic rings. The molecule has 0 aromatic carbocycles. The third-order valence-electron chi connectivity index (χ3n) is 3.95. The summed E-state index contributed by atoms with van der Waals surface area (Å²) in [6.07, 6.45) is 5.62. The van der Waals surface area contributed by atoms with Gasteiger partial charge in [0.2, 0.25) is 10.0 Å². The van der Waals surface area contributed by atoms with E-state index in [9.17, 15) is 13.2 Å². The van der Waals surface area contributed by atoms with Crippen LogP contribution < -0.4 is 0 Å². The topological polar surface area (TPSA) is 74.7 Å². The van der Waals surface area contributed by atoms with E-state index in [0.717, 1.165) is 25.7 Å². The highest BCUT2D eigenvalue weighted by atomic mass is 32.2. The molecule has 0 atom stereocenters. The number of sulfonamides is 1. The Hall–Kier alpha value is -0.620. The second-order valence-corrected chi connectivity index (χ2v) is 7.58. The Morgan fingerprint density at radius 1 is 1.11 bits per heavy atom. The maximum atomic E-state index is 12.1. The van der Waals surface area contributed by atoms with Crippen LogP contribution in [0.2, 0.25) is 0 Å². The largest absolute Gasteiger partial charge is 0.481 e. The van der Waals surface area contributed by atoms with E-state index in [4.69, 9.17) is 5.11 Å². The molecule has 0 radical (unpaired) electrons. The van der Waals surface area contributed by atoms with Gasteiger partial charge in [0.15, 0.2) is 0 Å². The molecule has 18 heavy (non-hydrogen) atoms. The van der Waals surface area contributed by atoms with Gasteiger partial charge in [0.1, 0.15) is 0 Å². The standard InChI is InChI=1S/C12H21NO4S/c14-12(15)6-11-7-13(8-11)18(16,17)9-10-4-2-1-3-5-10/h10-11H,1-9H2,(H,14,15). The van der Waals surface area contributed by atoms with Crippen LogP contribution in [0.5, 0.6) is 0 Å². The van der Waals surface area contributed by atoms with E-state index >= 15 is 0 Å². The molecule has 0 bridgehead atoms. The summed E-state index contributed by atoms with van der Waals surface area (Å²) < 4.78 is 25.6. The lowest BCUT2D eigenvalue weighted by Gasteiger charge is -2.38. The SMILES string of the molecule is O=C(O)CC1CN(S(=O)(=O)CC2CCCCC2)C1. The molecule has 2 rings (SSSR count). The minimum absolute atomic E-state index is 0.00336. The van der Waals surface area contributed by atoms with Crippen LogP contribution in [0.1, 0.15) is 38.5 Å². The first-order valence-corrected chi connectivity index (χ1v) is 8.28. The van der Waals surface area contributed by atoms with E-state index in [2.05, 4.69) is 0 Å². The molecule has 0 aromatic rings. The molecule has 0 amide bonds. The Labute approximate surface area is 108 Å². The maximum Gasteiger partial charge on any atom is 0.303 e. The van der Waals surface area contributed by atoms with Crippen molar-refractivity contribution in [2.75, 3.05) is 18.8 Å². The van der Waals surface area contributed by atoms with Gasteiger partial charge in [-0.1, -0.05) is 19.3 Å². The summed E-state index contributed by atoms with van der Waals surface area (Å²) in [5, 5.41) is 8.63. The van der Waals surface area contributed by atoms with Crippen LogP contribution in [-0.4, -0.2) is 42.6 Å². The zero-order valence-corrected chi connectivity index (χ0v) is 11.4. The summed E-state index contributed by atoms with van der Waals surface area (Å²) in [5.41, 5.74) is 0. The second kappa shape index (κ2) is 5.57. The molecule has 0 unspecified atom stereocenters. The number of carboxylic acids is 1. The highest BCUT2D eigenvalue weighted by Gasteiger charge is 2.37. The maximum absolute atomic E-state index is 12.1. The lowest BCUT2D eigenvalue weighted by atomic mass is 9.91. The number of hydrogen-bond acceptors (Lipinski definition) is 3. The van der Waals surface area contributed by atoms with Gasteiger partial charge >= 0.3 is 5.97 Å². The minimum Gasteiger partial charge on any atom is -0.481 e. The molecule has 1 saturated heterocycles. The van der Waals surface area contributed by atoms with Gasteiger partial charge in [-0.2, -0.15) is 0 Å². The lowest BCUT2D eigenvalue weighted by molar-refractivity contribution is -0.139. The van der Waals surface area contributed by atoms with Crippen LogP contribution in [0.4, 0.5) is 0 Å². The van der Waals surface area contributed by atoms with Gasteiger partial charge in [0, 0.05) is 13.1 Å². The van der Waals surface area contributed by atoms with E-state index < -0.39 is 16.0 Å². The van der Waals surface area contributed by atoms with Crippen molar-refractivity contribution < 1.29 is 18.3 Å². The summed E-state index contributed by atoms with van der Waals surface area (Å²) in [5.74, 6) is -0.275. The monoisotopic (exact) mass is 275 g/mol. The molecule has 1 aliphatic heterocycles. The zero-order chi connectivity index (χ0) is 13.2. The predicted molar refractivity (Wildman–Crippen MR) is 67.7 cm³/mol. The summed E-state index contributed by atoms with van der Waals surface area (Å²) in [4.78, 5) is 10.5. The van der Waals surface area contributed by atoms with Gasteiger partial charge in [-0.3, -0.25) is 4.79 Å². The predicted octanol–water partition coefficient (Wildman–Crippen LogP) is 1.30. The molecule has 2 fully saturated rings. The van der Waals surface area contributed by atoms with E-state index in [1.807, 2.05) is 0 Å². The molecular weight excluding hydrogens is 254 g/mol. The Morgan fingerprint density at radius 3 is 2.28 bits per heavy atom. The van der Waals surface area contributed by atoms with Gasteiger partial charge < -0.3 is 5.11 Å². The van der Waals surface area contributed by atoms with Crippen molar-refractivity contribution in [2.45, 2.75) is 38.5 Å². The quantitative estimate of drug-likeness (QED) is 0.820. The summed E-state index contributed by atoms with van der Waals surface area (Å²) in [6.45, 7) is 0.780. The van der Waals surface area contributed by atoms with Gasteiger partial charge in [-0.15, -0.1) is 0 Å². The van der Waals surface area contributed by atoms with Gasteiger partial charge in [0.05, 0.1) is 12.2 Å². The smallest absolute Gasteiger partial charge is 0.303 e. The fourth-order valence-corrected chi connectivity index (χ4v) is 4.90. The number of carboxylic acid groups (broad SMARTS) is 1. The normalized spacial score (nSPS) is 23.8. The summed E-state index contributed by atoms with van der Waals surface area (Å²) >= 11 is 0. The van der Waals surface area contributed by atoms with Crippen LogP contribution in [0.15, 0.2) is 0 Å². The molecule has 6 heteroatoms. The first-order valence-electron chi connectivity index (χ1n) is 6.67. The van der Waals surface area contributed by atoms with Crippen molar-refractivity contribution in [1.29, 1.82) is 0 Å². The van der Waals surface area contributed by atoms with E-state index in [-0.39, 0.29) is 18.1 Å². The average Bonchev–Trinajstić information content (AvgIpc) is 2.23. The van der Waals surface area contributed by atoms with Crippen LogP contribution in [0.3, 0.4) is 0 Å². The van der Waals surface area contributed by atoms with E-state index in [0.29, 0.717) is 19.0 Å². The fourth-order valence-electron chi connectivity index (χ4n) is 2.88. The first kappa shape index (κ1) is 13.8. The Bertz CT molecular complexity index is 394. The molecule has 5 nitrogen and oxygen atoms in total. The summed E-state index contributed by atoms with van der Waals surface area (Å²) in [7, 11) is -3.15. The van der Waals surface area contributed by atoms with Gasteiger partial charge in [-0.25, -0.2) is 12.7 Å². The third kappa shape index (κ3) is 3.45. The average molecular weight is 275 g/mol. The zero-order valence-electron chi connectivity index (χ0n) is 10.5. The Balaban J connectivity index is 1.79. The first-order chi connectivity index (χ1) is 8.47. The van der Waals surface area contributed by atoms with Crippen molar-refractivity contribution in [3.05, 3.63) is 0 Å². The number of carbonyl (C=O) groups is 1. The lowest BCUT2D eigenvalue weighted by Crippen LogP contribution is -2.51. The second-order valence-electron chi connectivity index (χ2n) is 5.56. The minimum atomic E-state index is -3.15. The van der Waals surface area contributed by atoms with Crippen LogP contribution in [0.25, 0.3) is 0 Å². The fraction of sp³-hybridized carbons (Fsp3) is 0.917. The molecule has 104 valence electrons. The number of nitrogens with zero attached hydrogens (tertiary/aromatic N) is 1. The number of aliphatic carboxylic acids is 1. The summed E-state index contributed by atoms with van der Waals surface area (Å²) in [6, 6.07) is 0. The van der Waals surface area contributed by atoms with Gasteiger partial charge in [-0.05, 0) is 24.7 Å². The highest BCUT2D eigenvalue weighted by Crippen LogP contribution is 2.29.